The van der Waals surface area contributed by atoms with Crippen molar-refractivity contribution in [3.05, 3.63) is 0 Å². The summed E-state index contributed by atoms with van der Waals surface area (Å²) in [5.74, 6) is 1.80. The Labute approximate surface area is 72.4 Å². The zero-order chi connectivity index (χ0) is 9.14. The van der Waals surface area contributed by atoms with Crippen LogP contribution in [0.4, 0.5) is 0 Å². The fourth-order valence-corrected chi connectivity index (χ4v) is 1.65. The topological polar surface area (TPSA) is 40.5 Å². The van der Waals surface area contributed by atoms with Gasteiger partial charge in [0.15, 0.2) is 0 Å². The lowest BCUT2D eigenvalue weighted by atomic mass is 9.99. The van der Waals surface area contributed by atoms with Crippen LogP contribution in [-0.4, -0.2) is 35.6 Å². The highest BCUT2D eigenvalue weighted by Gasteiger charge is 2.33. The average molecular weight is 167 g/mol. The number of likely N-dealkylation sites (tertiary alicyclic amines) is 1. The summed E-state index contributed by atoms with van der Waals surface area (Å²) in [6.45, 7) is 3.92. The van der Waals surface area contributed by atoms with E-state index >= 15 is 0 Å². The average Bonchev–Trinajstić information content (AvgIpc) is 2.32. The molecule has 0 aromatic heterocycles. The maximum absolute atomic E-state index is 10.7. The van der Waals surface area contributed by atoms with Gasteiger partial charge in [0.1, 0.15) is 0 Å². The molecule has 1 N–H and O–H groups in total. The molecule has 0 saturated carbocycles. The van der Waals surface area contributed by atoms with Crippen LogP contribution >= 0.6 is 0 Å². The predicted octanol–water partition coefficient (Wildman–Crippen LogP) is 0.272. The maximum Gasteiger partial charge on any atom is 0.308 e. The maximum atomic E-state index is 10.7. The minimum absolute atomic E-state index is 0.218. The normalized spacial score (nSPS) is 30.0. The summed E-state index contributed by atoms with van der Waals surface area (Å²) in [6, 6.07) is 0. The number of hydrogen-bond donors (Lipinski definition) is 1. The molecule has 0 aromatic rings. The molecule has 0 aromatic carbocycles. The lowest BCUT2D eigenvalue weighted by Gasteiger charge is -2.09. The van der Waals surface area contributed by atoms with E-state index in [0.29, 0.717) is 13.1 Å². The Bertz CT molecular complexity index is 219. The molecule has 1 rings (SSSR count). The second-order valence-corrected chi connectivity index (χ2v) is 3.32. The molecule has 1 aliphatic rings. The Balaban J connectivity index is 2.51. The van der Waals surface area contributed by atoms with E-state index in [1.807, 2.05) is 11.8 Å². The molecule has 0 amide bonds. The first-order valence-electron chi connectivity index (χ1n) is 4.03. The number of terminal acetylenes is 1. The van der Waals surface area contributed by atoms with E-state index in [1.54, 1.807) is 0 Å². The van der Waals surface area contributed by atoms with Crippen molar-refractivity contribution in [2.75, 3.05) is 19.6 Å². The van der Waals surface area contributed by atoms with E-state index in [2.05, 4.69) is 5.92 Å². The smallest absolute Gasteiger partial charge is 0.308 e. The summed E-state index contributed by atoms with van der Waals surface area (Å²) in [7, 11) is 0. The summed E-state index contributed by atoms with van der Waals surface area (Å²) in [6.07, 6.45) is 5.14. The van der Waals surface area contributed by atoms with Gasteiger partial charge in [-0.25, -0.2) is 0 Å². The van der Waals surface area contributed by atoms with Crippen LogP contribution in [0.15, 0.2) is 0 Å². The zero-order valence-electron chi connectivity index (χ0n) is 7.16. The molecule has 1 heterocycles. The summed E-state index contributed by atoms with van der Waals surface area (Å²) in [5, 5.41) is 8.79. The molecule has 12 heavy (non-hydrogen) atoms. The SMILES string of the molecule is C#CCN1C[C@@H](C)[C@H](C(=O)O)C1. The number of carboxylic acids is 1. The first kappa shape index (κ1) is 9.08. The summed E-state index contributed by atoms with van der Waals surface area (Å²) in [4.78, 5) is 12.7. The highest BCUT2D eigenvalue weighted by Crippen LogP contribution is 2.22. The van der Waals surface area contributed by atoms with Gasteiger partial charge in [-0.05, 0) is 5.92 Å². The number of aliphatic carboxylic acids is 1. The summed E-state index contributed by atoms with van der Waals surface area (Å²) < 4.78 is 0. The van der Waals surface area contributed by atoms with Crippen LogP contribution in [0.3, 0.4) is 0 Å². The van der Waals surface area contributed by atoms with Gasteiger partial charge in [-0.3, -0.25) is 9.69 Å². The van der Waals surface area contributed by atoms with E-state index in [0.717, 1.165) is 6.54 Å². The molecule has 3 heteroatoms. The summed E-state index contributed by atoms with van der Waals surface area (Å²) in [5.41, 5.74) is 0. The van der Waals surface area contributed by atoms with Gasteiger partial charge >= 0.3 is 5.97 Å². The van der Waals surface area contributed by atoms with Crippen molar-refractivity contribution in [3.8, 4) is 12.3 Å². The van der Waals surface area contributed by atoms with Gasteiger partial charge in [0.05, 0.1) is 12.5 Å². The number of nitrogens with zero attached hydrogens (tertiary/aromatic N) is 1. The van der Waals surface area contributed by atoms with Crippen molar-refractivity contribution in [1.29, 1.82) is 0 Å². The molecule has 1 fully saturated rings. The van der Waals surface area contributed by atoms with E-state index in [-0.39, 0.29) is 11.8 Å². The van der Waals surface area contributed by atoms with E-state index in [9.17, 15) is 4.79 Å². The van der Waals surface area contributed by atoms with Crippen molar-refractivity contribution in [1.82, 2.24) is 4.90 Å². The van der Waals surface area contributed by atoms with Crippen molar-refractivity contribution in [3.63, 3.8) is 0 Å². The number of hydrogen-bond acceptors (Lipinski definition) is 2. The van der Waals surface area contributed by atoms with Crippen LogP contribution in [-0.2, 0) is 4.79 Å². The molecule has 0 spiro atoms. The van der Waals surface area contributed by atoms with Crippen LogP contribution in [0, 0.1) is 24.2 Å². The van der Waals surface area contributed by atoms with Gasteiger partial charge in [-0.1, -0.05) is 12.8 Å². The van der Waals surface area contributed by atoms with Crippen LogP contribution in [0.5, 0.6) is 0 Å². The van der Waals surface area contributed by atoms with Gasteiger partial charge in [0.2, 0.25) is 0 Å². The summed E-state index contributed by atoms with van der Waals surface area (Å²) >= 11 is 0. The first-order chi connectivity index (χ1) is 5.65. The van der Waals surface area contributed by atoms with Gasteiger partial charge in [-0.15, -0.1) is 6.42 Å². The standard InChI is InChI=1S/C9H13NO2/c1-3-4-10-5-7(2)8(6-10)9(11)12/h1,7-8H,4-6H2,2H3,(H,11,12)/t7-,8-/m1/s1. The van der Waals surface area contributed by atoms with Crippen LogP contribution in [0.25, 0.3) is 0 Å². The Morgan fingerprint density at radius 1 is 1.75 bits per heavy atom. The van der Waals surface area contributed by atoms with Gasteiger partial charge in [0, 0.05) is 13.1 Å². The second-order valence-electron chi connectivity index (χ2n) is 3.32. The van der Waals surface area contributed by atoms with Gasteiger partial charge in [0.25, 0.3) is 0 Å². The lowest BCUT2D eigenvalue weighted by molar-refractivity contribution is -0.142. The largest absolute Gasteiger partial charge is 0.481 e. The lowest BCUT2D eigenvalue weighted by Crippen LogP contribution is -2.23. The quantitative estimate of drug-likeness (QED) is 0.600. The Morgan fingerprint density at radius 3 is 2.83 bits per heavy atom. The third-order valence-corrected chi connectivity index (χ3v) is 2.32. The Kier molecular flexibility index (Phi) is 2.72. The second kappa shape index (κ2) is 3.59. The van der Waals surface area contributed by atoms with E-state index in [4.69, 9.17) is 11.5 Å². The Hall–Kier alpha value is -1.01. The highest BCUT2D eigenvalue weighted by molar-refractivity contribution is 5.71. The van der Waals surface area contributed by atoms with E-state index in [1.165, 1.54) is 0 Å². The van der Waals surface area contributed by atoms with Gasteiger partial charge in [-0.2, -0.15) is 0 Å². The molecule has 1 aliphatic heterocycles. The molecule has 3 nitrogen and oxygen atoms in total. The zero-order valence-corrected chi connectivity index (χ0v) is 7.16. The third kappa shape index (κ3) is 1.77. The molecular weight excluding hydrogens is 154 g/mol. The fraction of sp³-hybridized carbons (Fsp3) is 0.667. The number of carbonyl (C=O) groups is 1. The predicted molar refractivity (Wildman–Crippen MR) is 45.6 cm³/mol. The monoisotopic (exact) mass is 167 g/mol. The van der Waals surface area contributed by atoms with E-state index < -0.39 is 5.97 Å². The number of carboxylic acid groups (broad SMARTS) is 1. The number of rotatable bonds is 2. The van der Waals surface area contributed by atoms with Crippen LogP contribution in [0.2, 0.25) is 0 Å². The van der Waals surface area contributed by atoms with Crippen molar-refractivity contribution in [2.45, 2.75) is 6.92 Å². The molecule has 2 atom stereocenters. The Morgan fingerprint density at radius 2 is 2.42 bits per heavy atom. The molecule has 0 unspecified atom stereocenters. The fourth-order valence-electron chi connectivity index (χ4n) is 1.65. The third-order valence-electron chi connectivity index (χ3n) is 2.32. The van der Waals surface area contributed by atoms with Gasteiger partial charge < -0.3 is 5.11 Å². The molecule has 66 valence electrons. The van der Waals surface area contributed by atoms with Crippen molar-refractivity contribution >= 4 is 5.97 Å². The first-order valence-corrected chi connectivity index (χ1v) is 4.03. The minimum atomic E-state index is -0.706. The molecule has 0 bridgehead atoms. The molecule has 0 radical (unpaired) electrons. The minimum Gasteiger partial charge on any atom is -0.481 e. The molecular formula is C9H13NO2. The van der Waals surface area contributed by atoms with Crippen molar-refractivity contribution in [2.24, 2.45) is 11.8 Å². The van der Waals surface area contributed by atoms with Crippen LogP contribution < -0.4 is 0 Å². The van der Waals surface area contributed by atoms with Crippen LogP contribution in [0.1, 0.15) is 6.92 Å². The molecule has 1 saturated heterocycles. The molecule has 0 aliphatic carbocycles. The highest BCUT2D eigenvalue weighted by atomic mass is 16.4. The van der Waals surface area contributed by atoms with Crippen molar-refractivity contribution < 1.29 is 9.90 Å².